The van der Waals surface area contributed by atoms with Gasteiger partial charge in [0.1, 0.15) is 25.4 Å². The van der Waals surface area contributed by atoms with Crippen LogP contribution in [0.3, 0.4) is 0 Å². The van der Waals surface area contributed by atoms with E-state index in [4.69, 9.17) is 25.8 Å². The summed E-state index contributed by atoms with van der Waals surface area (Å²) in [5.41, 5.74) is 3.56. The van der Waals surface area contributed by atoms with Crippen LogP contribution in [-0.2, 0) is 27.2 Å². The number of cyclic esters (lactones) is 1. The lowest BCUT2D eigenvalue weighted by Crippen LogP contribution is -2.31. The van der Waals surface area contributed by atoms with Crippen LogP contribution in [0.15, 0.2) is 66.7 Å². The normalized spacial score (nSPS) is 17.2. The first-order valence-electron chi connectivity index (χ1n) is 11.6. The standard InChI is InChI=1S/C27H27BClNO5/c1-3-33-25(31)14-18-9-11-22(29)24(13-18)34-23-12-10-21(28)15-20(23)16-30-17(2)26(35-27(30)32)19-7-5-4-6-8-19/h4-13,15,17,26H,3,14,16,28H2,1-2H3/t17-,26-/m0/s1. The van der Waals surface area contributed by atoms with Crippen molar-refractivity contribution in [1.29, 1.82) is 0 Å². The van der Waals surface area contributed by atoms with Crippen LogP contribution in [0.2, 0.25) is 5.02 Å². The Kier molecular flexibility index (Phi) is 7.66. The molecule has 3 aromatic rings. The summed E-state index contributed by atoms with van der Waals surface area (Å²) in [7, 11) is 1.98. The van der Waals surface area contributed by atoms with Crippen molar-refractivity contribution in [2.75, 3.05) is 6.61 Å². The maximum Gasteiger partial charge on any atom is 0.411 e. The quantitative estimate of drug-likeness (QED) is 0.341. The Balaban J connectivity index is 1.57. The van der Waals surface area contributed by atoms with Crippen molar-refractivity contribution < 1.29 is 23.8 Å². The number of carbonyl (C=O) groups is 2. The molecule has 4 rings (SSSR count). The van der Waals surface area contributed by atoms with Crippen LogP contribution in [0, 0.1) is 0 Å². The van der Waals surface area contributed by atoms with Crippen molar-refractivity contribution in [1.82, 2.24) is 4.90 Å². The molecule has 1 amide bonds. The van der Waals surface area contributed by atoms with Gasteiger partial charge in [-0.1, -0.05) is 65.6 Å². The summed E-state index contributed by atoms with van der Waals surface area (Å²) in [6, 6.07) is 20.6. The van der Waals surface area contributed by atoms with Gasteiger partial charge in [0.05, 0.1) is 30.6 Å². The summed E-state index contributed by atoms with van der Waals surface area (Å²) < 4.78 is 17.0. The SMILES string of the molecule is Bc1ccc(Oc2cc(CC(=O)OCC)ccc2Cl)c(CN2C(=O)O[C@H](c3ccccc3)[C@@H]2C)c1. The summed E-state index contributed by atoms with van der Waals surface area (Å²) in [4.78, 5) is 26.4. The maximum absolute atomic E-state index is 12.8. The Hall–Kier alpha value is -3.45. The third-order valence-corrected chi connectivity index (χ3v) is 6.26. The second-order valence-electron chi connectivity index (χ2n) is 8.54. The smallest absolute Gasteiger partial charge is 0.411 e. The molecule has 0 bridgehead atoms. The van der Waals surface area contributed by atoms with Gasteiger partial charge in [0.25, 0.3) is 0 Å². The highest BCUT2D eigenvalue weighted by atomic mass is 35.5. The molecule has 0 N–H and O–H groups in total. The van der Waals surface area contributed by atoms with E-state index in [-0.39, 0.29) is 30.6 Å². The van der Waals surface area contributed by atoms with Crippen LogP contribution < -0.4 is 10.2 Å². The maximum atomic E-state index is 12.8. The summed E-state index contributed by atoms with van der Waals surface area (Å²) in [5.74, 6) is 0.693. The number of hydrogen-bond acceptors (Lipinski definition) is 5. The Morgan fingerprint density at radius 1 is 1.09 bits per heavy atom. The van der Waals surface area contributed by atoms with Crippen molar-refractivity contribution in [3.8, 4) is 11.5 Å². The lowest BCUT2D eigenvalue weighted by atomic mass is 9.93. The topological polar surface area (TPSA) is 65.1 Å². The third-order valence-electron chi connectivity index (χ3n) is 5.95. The van der Waals surface area contributed by atoms with Gasteiger partial charge in [-0.2, -0.15) is 0 Å². The molecule has 1 heterocycles. The lowest BCUT2D eigenvalue weighted by Gasteiger charge is -2.23. The molecule has 35 heavy (non-hydrogen) atoms. The number of rotatable bonds is 8. The molecule has 8 heteroatoms. The minimum Gasteiger partial charge on any atom is -0.466 e. The van der Waals surface area contributed by atoms with Crippen LogP contribution in [-0.4, -0.2) is 37.5 Å². The zero-order valence-corrected chi connectivity index (χ0v) is 20.7. The van der Waals surface area contributed by atoms with E-state index in [0.29, 0.717) is 29.7 Å². The fourth-order valence-electron chi connectivity index (χ4n) is 4.15. The highest BCUT2D eigenvalue weighted by molar-refractivity contribution is 6.32. The molecule has 1 saturated heterocycles. The zero-order chi connectivity index (χ0) is 24.9. The molecule has 3 aromatic carbocycles. The minimum absolute atomic E-state index is 0.125. The van der Waals surface area contributed by atoms with Gasteiger partial charge in [-0.3, -0.25) is 9.69 Å². The minimum atomic E-state index is -0.367. The average Bonchev–Trinajstić information content (AvgIpc) is 3.12. The highest BCUT2D eigenvalue weighted by Gasteiger charge is 2.39. The summed E-state index contributed by atoms with van der Waals surface area (Å²) in [6.45, 7) is 4.40. The predicted octanol–water partition coefficient (Wildman–Crippen LogP) is 4.58. The largest absolute Gasteiger partial charge is 0.466 e. The number of amides is 1. The number of halogens is 1. The van der Waals surface area contributed by atoms with E-state index in [1.807, 2.05) is 63.3 Å². The zero-order valence-electron chi connectivity index (χ0n) is 20.0. The Morgan fingerprint density at radius 2 is 1.86 bits per heavy atom. The number of ether oxygens (including phenoxy) is 3. The van der Waals surface area contributed by atoms with Crippen molar-refractivity contribution in [3.05, 3.63) is 88.4 Å². The Labute approximate surface area is 211 Å². The average molecular weight is 492 g/mol. The summed E-state index contributed by atoms with van der Waals surface area (Å²) >= 11 is 6.41. The molecule has 6 nitrogen and oxygen atoms in total. The first-order chi connectivity index (χ1) is 16.9. The molecular formula is C27H27BClNO5. The molecule has 0 unspecified atom stereocenters. The lowest BCUT2D eigenvalue weighted by molar-refractivity contribution is -0.142. The molecule has 1 aliphatic heterocycles. The number of nitrogens with zero attached hydrogens (tertiary/aromatic N) is 1. The van der Waals surface area contributed by atoms with Crippen LogP contribution in [0.4, 0.5) is 4.79 Å². The monoisotopic (exact) mass is 491 g/mol. The Bertz CT molecular complexity index is 1220. The molecule has 1 aliphatic rings. The van der Waals surface area contributed by atoms with Gasteiger partial charge in [-0.25, -0.2) is 4.79 Å². The summed E-state index contributed by atoms with van der Waals surface area (Å²) in [6.07, 6.45) is -0.583. The molecule has 180 valence electrons. The first kappa shape index (κ1) is 24.7. The van der Waals surface area contributed by atoms with E-state index in [0.717, 1.165) is 22.2 Å². The number of benzene rings is 3. The van der Waals surface area contributed by atoms with E-state index >= 15 is 0 Å². The number of carbonyl (C=O) groups excluding carboxylic acids is 2. The van der Waals surface area contributed by atoms with Gasteiger partial charge in [-0.05, 0) is 43.2 Å². The highest BCUT2D eigenvalue weighted by Crippen LogP contribution is 2.36. The van der Waals surface area contributed by atoms with Crippen molar-refractivity contribution in [2.45, 2.75) is 39.0 Å². The molecule has 0 spiro atoms. The van der Waals surface area contributed by atoms with E-state index in [9.17, 15) is 9.59 Å². The van der Waals surface area contributed by atoms with Gasteiger partial charge in [0.2, 0.25) is 0 Å². The third kappa shape index (κ3) is 5.80. The fraction of sp³-hybridized carbons (Fsp3) is 0.259. The second-order valence-corrected chi connectivity index (χ2v) is 8.95. The molecule has 0 radical (unpaired) electrons. The van der Waals surface area contributed by atoms with Crippen molar-refractivity contribution in [2.24, 2.45) is 0 Å². The van der Waals surface area contributed by atoms with Crippen LogP contribution in [0.25, 0.3) is 0 Å². The van der Waals surface area contributed by atoms with Gasteiger partial charge in [0, 0.05) is 5.56 Å². The molecule has 2 atom stereocenters. The van der Waals surface area contributed by atoms with E-state index in [2.05, 4.69) is 0 Å². The molecule has 0 aliphatic carbocycles. The van der Waals surface area contributed by atoms with Gasteiger partial charge >= 0.3 is 12.1 Å². The molecule has 0 aromatic heterocycles. The van der Waals surface area contributed by atoms with E-state index in [1.54, 1.807) is 30.0 Å². The second kappa shape index (κ2) is 10.9. The van der Waals surface area contributed by atoms with Gasteiger partial charge in [-0.15, -0.1) is 0 Å². The number of esters is 1. The molecule has 0 saturated carbocycles. The molecule has 1 fully saturated rings. The van der Waals surface area contributed by atoms with Crippen LogP contribution in [0.1, 0.15) is 36.6 Å². The van der Waals surface area contributed by atoms with Crippen LogP contribution in [0.5, 0.6) is 11.5 Å². The van der Waals surface area contributed by atoms with Gasteiger partial charge < -0.3 is 14.2 Å². The van der Waals surface area contributed by atoms with Crippen molar-refractivity contribution >= 4 is 37.0 Å². The van der Waals surface area contributed by atoms with Crippen LogP contribution >= 0.6 is 11.6 Å². The predicted molar refractivity (Wildman–Crippen MR) is 137 cm³/mol. The van der Waals surface area contributed by atoms with E-state index in [1.165, 1.54) is 0 Å². The fourth-order valence-corrected chi connectivity index (χ4v) is 4.31. The van der Waals surface area contributed by atoms with Gasteiger partial charge in [0.15, 0.2) is 0 Å². The Morgan fingerprint density at radius 3 is 2.60 bits per heavy atom. The number of hydrogen-bond donors (Lipinski definition) is 0. The first-order valence-corrected chi connectivity index (χ1v) is 12.0. The van der Waals surface area contributed by atoms with Crippen molar-refractivity contribution in [3.63, 3.8) is 0 Å². The summed E-state index contributed by atoms with van der Waals surface area (Å²) in [5, 5.41) is 0.419. The van der Waals surface area contributed by atoms with E-state index < -0.39 is 0 Å². The molecular weight excluding hydrogens is 465 g/mol.